The maximum Gasteiger partial charge on any atom is 0.319 e. The number of carbonyl (C=O) groups excluding carboxylic acids is 2. The normalized spacial score (nSPS) is 11.8. The van der Waals surface area contributed by atoms with Crippen LogP contribution >= 0.6 is 23.2 Å². The molecule has 9 nitrogen and oxygen atoms in total. The van der Waals surface area contributed by atoms with Gasteiger partial charge in [0.1, 0.15) is 0 Å². The van der Waals surface area contributed by atoms with Crippen LogP contribution in [0.5, 0.6) is 0 Å². The van der Waals surface area contributed by atoms with Gasteiger partial charge < -0.3 is 24.9 Å². The third-order valence-electron chi connectivity index (χ3n) is 4.53. The number of esters is 1. The Kier molecular flexibility index (Phi) is 10.2. The zero-order valence-corrected chi connectivity index (χ0v) is 19.7. The highest BCUT2D eigenvalue weighted by atomic mass is 35.5. The van der Waals surface area contributed by atoms with E-state index in [9.17, 15) is 14.4 Å². The van der Waals surface area contributed by atoms with Gasteiger partial charge >= 0.3 is 11.9 Å². The Labute approximate surface area is 200 Å². The Morgan fingerprint density at radius 1 is 1.12 bits per heavy atom. The van der Waals surface area contributed by atoms with Gasteiger partial charge in [0.2, 0.25) is 0 Å². The van der Waals surface area contributed by atoms with E-state index in [1.807, 2.05) is 6.07 Å². The summed E-state index contributed by atoms with van der Waals surface area (Å²) in [6.45, 7) is 0.117. The van der Waals surface area contributed by atoms with Gasteiger partial charge in [-0.15, -0.1) is 0 Å². The number of benzene rings is 1. The molecule has 1 aromatic heterocycles. The first-order chi connectivity index (χ1) is 15.7. The van der Waals surface area contributed by atoms with E-state index in [4.69, 9.17) is 33.0 Å². The summed E-state index contributed by atoms with van der Waals surface area (Å²) in [5, 5.41) is 13.5. The van der Waals surface area contributed by atoms with Crippen LogP contribution in [0.4, 0.5) is 0 Å². The van der Waals surface area contributed by atoms with Crippen molar-refractivity contribution in [1.29, 1.82) is 0 Å². The molecule has 2 rings (SSSR count). The van der Waals surface area contributed by atoms with Crippen LogP contribution in [0.15, 0.2) is 36.1 Å². The number of nitrogens with zero attached hydrogens (tertiary/aromatic N) is 1. The van der Waals surface area contributed by atoms with Crippen molar-refractivity contribution < 1.29 is 29.0 Å². The summed E-state index contributed by atoms with van der Waals surface area (Å²) in [7, 11) is 2.62. The number of methoxy groups -OCH3 is 2. The van der Waals surface area contributed by atoms with Gasteiger partial charge in [-0.1, -0.05) is 29.3 Å². The summed E-state index contributed by atoms with van der Waals surface area (Å²) < 4.78 is 9.70. The summed E-state index contributed by atoms with van der Waals surface area (Å²) >= 11 is 12.1. The van der Waals surface area contributed by atoms with Gasteiger partial charge in [-0.05, 0) is 36.8 Å². The smallest absolute Gasteiger partial charge is 0.319 e. The Morgan fingerprint density at radius 2 is 1.85 bits per heavy atom. The molecule has 178 valence electrons. The predicted octanol–water partition coefficient (Wildman–Crippen LogP) is 3.08. The highest BCUT2D eigenvalue weighted by Crippen LogP contribution is 2.28. The molecule has 0 spiro atoms. The van der Waals surface area contributed by atoms with Gasteiger partial charge in [0.05, 0.1) is 37.4 Å². The number of hydrogen-bond donors (Lipinski definition) is 3. The Bertz CT molecular complexity index is 1020. The largest absolute Gasteiger partial charge is 0.491 e. The van der Waals surface area contributed by atoms with E-state index in [0.717, 1.165) is 16.6 Å². The number of halogens is 2. The van der Waals surface area contributed by atoms with Crippen LogP contribution in [-0.2, 0) is 23.9 Å². The molecular formula is C22H25Cl2N3O6. The number of aliphatic carboxylic acids is 1. The minimum Gasteiger partial charge on any atom is -0.491 e. The van der Waals surface area contributed by atoms with Crippen molar-refractivity contribution in [3.05, 3.63) is 51.8 Å². The van der Waals surface area contributed by atoms with E-state index in [2.05, 4.69) is 15.0 Å². The van der Waals surface area contributed by atoms with Crippen LogP contribution in [0, 0.1) is 0 Å². The number of rotatable bonds is 12. The van der Waals surface area contributed by atoms with E-state index in [1.54, 1.807) is 24.3 Å². The molecule has 0 radical (unpaired) electrons. The molecule has 0 saturated heterocycles. The fraction of sp³-hybridized carbons (Fsp3) is 0.318. The molecule has 33 heavy (non-hydrogen) atoms. The Hall–Kier alpha value is -3.01. The molecule has 1 aromatic carbocycles. The first kappa shape index (κ1) is 26.2. The highest BCUT2D eigenvalue weighted by Gasteiger charge is 2.14. The number of amides is 1. The summed E-state index contributed by atoms with van der Waals surface area (Å²) in [5.74, 6) is -1.90. The fourth-order valence-corrected chi connectivity index (χ4v) is 3.29. The van der Waals surface area contributed by atoms with Crippen LogP contribution in [0.25, 0.3) is 17.0 Å². The molecule has 0 atom stereocenters. The molecular weight excluding hydrogens is 473 g/mol. The van der Waals surface area contributed by atoms with Crippen molar-refractivity contribution in [2.45, 2.75) is 6.42 Å². The second-order valence-corrected chi connectivity index (χ2v) is 7.78. The standard InChI is InChI=1S/C22H25Cl2N3O6/c1-32-19(6-3-5-15-9-14-10-16(23)17(24)11-18(14)26-15)22(31)25-7-4-8-27(12-20(28)29)13-21(30)33-2/h3,5-6,9-11,26H,4,7-8,12-13H2,1-2H3,(H,25,31)(H,28,29). The van der Waals surface area contributed by atoms with Crippen LogP contribution < -0.4 is 5.32 Å². The summed E-state index contributed by atoms with van der Waals surface area (Å²) in [6, 6.07) is 5.40. The average molecular weight is 498 g/mol. The molecule has 0 aliphatic rings. The third kappa shape index (κ3) is 8.45. The first-order valence-corrected chi connectivity index (χ1v) is 10.7. The molecule has 0 fully saturated rings. The molecule has 3 N–H and O–H groups in total. The minimum absolute atomic E-state index is 0.102. The van der Waals surface area contributed by atoms with E-state index < -0.39 is 17.8 Å². The van der Waals surface area contributed by atoms with E-state index in [0.29, 0.717) is 23.0 Å². The second-order valence-electron chi connectivity index (χ2n) is 6.96. The van der Waals surface area contributed by atoms with E-state index in [-0.39, 0.29) is 25.4 Å². The number of H-pyrrole nitrogens is 1. The molecule has 0 saturated carbocycles. The first-order valence-electron chi connectivity index (χ1n) is 9.92. The van der Waals surface area contributed by atoms with Gasteiger partial charge in [-0.2, -0.15) is 0 Å². The van der Waals surface area contributed by atoms with Crippen molar-refractivity contribution in [2.24, 2.45) is 0 Å². The molecule has 0 aliphatic heterocycles. The van der Waals surface area contributed by atoms with E-state index in [1.165, 1.54) is 25.2 Å². The second kappa shape index (κ2) is 12.9. The highest BCUT2D eigenvalue weighted by molar-refractivity contribution is 6.42. The number of aromatic nitrogens is 1. The summed E-state index contributed by atoms with van der Waals surface area (Å²) in [6.07, 6.45) is 5.39. The lowest BCUT2D eigenvalue weighted by Gasteiger charge is -2.18. The predicted molar refractivity (Wildman–Crippen MR) is 126 cm³/mol. The lowest BCUT2D eigenvalue weighted by atomic mass is 10.2. The van der Waals surface area contributed by atoms with Crippen molar-refractivity contribution in [2.75, 3.05) is 40.4 Å². The van der Waals surface area contributed by atoms with Crippen LogP contribution in [-0.4, -0.2) is 73.2 Å². The number of ether oxygens (including phenoxy) is 2. The number of nitrogens with one attached hydrogen (secondary N) is 2. The summed E-state index contributed by atoms with van der Waals surface area (Å²) in [4.78, 5) is 39.2. The zero-order valence-electron chi connectivity index (χ0n) is 18.2. The molecule has 1 amide bonds. The summed E-state index contributed by atoms with van der Waals surface area (Å²) in [5.41, 5.74) is 1.63. The number of fused-ring (bicyclic) bond motifs is 1. The molecule has 0 bridgehead atoms. The molecule has 1 heterocycles. The topological polar surface area (TPSA) is 121 Å². The monoisotopic (exact) mass is 497 g/mol. The van der Waals surface area contributed by atoms with E-state index >= 15 is 0 Å². The van der Waals surface area contributed by atoms with Crippen LogP contribution in [0.1, 0.15) is 12.1 Å². The maximum atomic E-state index is 12.3. The molecule has 11 heteroatoms. The SMILES string of the molecule is COC(=O)CN(CCCNC(=O)C(=CC=Cc1cc2cc(Cl)c(Cl)cc2[nH]1)OC)CC(=O)O. The quantitative estimate of drug-likeness (QED) is 0.135. The number of hydrogen-bond acceptors (Lipinski definition) is 6. The Balaban J connectivity index is 1.89. The van der Waals surface area contributed by atoms with Crippen LogP contribution in [0.2, 0.25) is 10.0 Å². The van der Waals surface area contributed by atoms with Gasteiger partial charge in [0.15, 0.2) is 5.76 Å². The van der Waals surface area contributed by atoms with Crippen molar-refractivity contribution in [3.8, 4) is 0 Å². The number of carboxylic acids is 1. The van der Waals surface area contributed by atoms with Crippen LogP contribution in [0.3, 0.4) is 0 Å². The maximum absolute atomic E-state index is 12.3. The van der Waals surface area contributed by atoms with Crippen molar-refractivity contribution >= 4 is 58.0 Å². The van der Waals surface area contributed by atoms with Gasteiger partial charge in [0, 0.05) is 29.7 Å². The molecule has 0 unspecified atom stereocenters. The fourth-order valence-electron chi connectivity index (χ4n) is 2.96. The van der Waals surface area contributed by atoms with Gasteiger partial charge in [0.25, 0.3) is 5.91 Å². The lowest BCUT2D eigenvalue weighted by molar-refractivity contribution is -0.144. The molecule has 0 aliphatic carbocycles. The van der Waals surface area contributed by atoms with Gasteiger partial charge in [-0.25, -0.2) is 0 Å². The third-order valence-corrected chi connectivity index (χ3v) is 5.25. The average Bonchev–Trinajstić information content (AvgIpc) is 3.15. The number of carbonyl (C=O) groups is 3. The van der Waals surface area contributed by atoms with Crippen molar-refractivity contribution in [3.63, 3.8) is 0 Å². The van der Waals surface area contributed by atoms with Gasteiger partial charge in [-0.3, -0.25) is 19.3 Å². The number of aromatic amines is 1. The number of allylic oxidation sites excluding steroid dienone is 2. The zero-order chi connectivity index (χ0) is 24.4. The lowest BCUT2D eigenvalue weighted by Crippen LogP contribution is -2.37. The Morgan fingerprint density at radius 3 is 2.52 bits per heavy atom. The van der Waals surface area contributed by atoms with Crippen molar-refractivity contribution in [1.82, 2.24) is 15.2 Å². The minimum atomic E-state index is -1.06. The number of carboxylic acid groups (broad SMARTS) is 1. The molecule has 2 aromatic rings.